The number of hydrogen-bond donors (Lipinski definition) is 1. The van der Waals surface area contributed by atoms with E-state index in [2.05, 4.69) is 15.5 Å². The lowest BCUT2D eigenvalue weighted by Crippen LogP contribution is -2.21. The fourth-order valence-corrected chi connectivity index (χ4v) is 3.73. The van der Waals surface area contributed by atoms with Gasteiger partial charge in [0.2, 0.25) is 11.6 Å². The number of methoxy groups -OCH3 is 1. The standard InChI is InChI=1S/C25H27N5O4/c1-4-34-21-11-7-19(8-12-21)29-13-14-30-22(27-28-24(30)25(29)32)15-17(2)16-23(31)26-18-5-9-20(33-3)10-6-18/h5-14,17H,4,15-16H2,1-3H3,(H,26,31)/t17-/m1/s1. The summed E-state index contributed by atoms with van der Waals surface area (Å²) in [5, 5.41) is 11.2. The predicted octanol–water partition coefficient (Wildman–Crippen LogP) is 3.49. The highest BCUT2D eigenvalue weighted by Crippen LogP contribution is 2.18. The smallest absolute Gasteiger partial charge is 0.300 e. The number of aromatic nitrogens is 4. The second-order valence-corrected chi connectivity index (χ2v) is 8.00. The summed E-state index contributed by atoms with van der Waals surface area (Å²) in [6.45, 7) is 4.47. The second kappa shape index (κ2) is 10.2. The number of nitrogens with one attached hydrogen (secondary N) is 1. The van der Waals surface area contributed by atoms with Crippen molar-refractivity contribution < 1.29 is 14.3 Å². The number of carbonyl (C=O) groups is 1. The van der Waals surface area contributed by atoms with Crippen LogP contribution in [0.5, 0.6) is 11.5 Å². The van der Waals surface area contributed by atoms with E-state index in [0.717, 1.165) is 11.5 Å². The first-order valence-electron chi connectivity index (χ1n) is 11.1. The Morgan fingerprint density at radius 2 is 1.74 bits per heavy atom. The summed E-state index contributed by atoms with van der Waals surface area (Å²) in [5.74, 6) is 2.01. The van der Waals surface area contributed by atoms with Gasteiger partial charge >= 0.3 is 5.56 Å². The zero-order valence-corrected chi connectivity index (χ0v) is 19.4. The largest absolute Gasteiger partial charge is 0.497 e. The highest BCUT2D eigenvalue weighted by molar-refractivity contribution is 5.90. The third kappa shape index (κ3) is 5.09. The molecule has 176 valence electrons. The van der Waals surface area contributed by atoms with Crippen molar-refractivity contribution in [3.63, 3.8) is 0 Å². The first kappa shape index (κ1) is 23.0. The SMILES string of the molecule is CCOc1ccc(-n2ccn3c(C[C@@H](C)CC(=O)Nc4ccc(OC)cc4)nnc3c2=O)cc1. The summed E-state index contributed by atoms with van der Waals surface area (Å²) in [7, 11) is 1.60. The lowest BCUT2D eigenvalue weighted by Gasteiger charge is -2.12. The molecule has 9 heteroatoms. The molecule has 0 aliphatic carbocycles. The van der Waals surface area contributed by atoms with Gasteiger partial charge in [0.15, 0.2) is 0 Å². The van der Waals surface area contributed by atoms with Crippen molar-refractivity contribution in [1.29, 1.82) is 0 Å². The number of ether oxygens (including phenoxy) is 2. The Bertz CT molecular complexity index is 1330. The lowest BCUT2D eigenvalue weighted by molar-refractivity contribution is -0.116. The average Bonchev–Trinajstić information content (AvgIpc) is 3.24. The number of fused-ring (bicyclic) bond motifs is 1. The first-order valence-corrected chi connectivity index (χ1v) is 11.1. The molecule has 4 rings (SSSR count). The van der Waals surface area contributed by atoms with Crippen LogP contribution in [0.1, 0.15) is 26.1 Å². The van der Waals surface area contributed by atoms with Crippen LogP contribution in [0, 0.1) is 5.92 Å². The molecule has 0 aliphatic heterocycles. The van der Waals surface area contributed by atoms with Crippen molar-refractivity contribution in [1.82, 2.24) is 19.2 Å². The Balaban J connectivity index is 1.44. The summed E-state index contributed by atoms with van der Waals surface area (Å²) >= 11 is 0. The lowest BCUT2D eigenvalue weighted by atomic mass is 10.0. The molecule has 0 spiro atoms. The summed E-state index contributed by atoms with van der Waals surface area (Å²) in [5.41, 5.74) is 1.39. The van der Waals surface area contributed by atoms with E-state index in [-0.39, 0.29) is 23.0 Å². The van der Waals surface area contributed by atoms with E-state index < -0.39 is 0 Å². The van der Waals surface area contributed by atoms with Crippen molar-refractivity contribution in [2.45, 2.75) is 26.7 Å². The molecule has 2 aromatic carbocycles. The van der Waals surface area contributed by atoms with Gasteiger partial charge in [-0.15, -0.1) is 10.2 Å². The number of hydrogen-bond acceptors (Lipinski definition) is 6. The Morgan fingerprint density at radius 1 is 1.03 bits per heavy atom. The van der Waals surface area contributed by atoms with Crippen LogP contribution < -0.4 is 20.3 Å². The molecule has 1 N–H and O–H groups in total. The van der Waals surface area contributed by atoms with Gasteiger partial charge in [0.05, 0.1) is 13.7 Å². The topological polar surface area (TPSA) is 99.8 Å². The highest BCUT2D eigenvalue weighted by Gasteiger charge is 2.16. The van der Waals surface area contributed by atoms with Gasteiger partial charge in [-0.05, 0) is 61.4 Å². The third-order valence-electron chi connectivity index (χ3n) is 5.41. The predicted molar refractivity (Wildman–Crippen MR) is 129 cm³/mol. The number of rotatable bonds is 9. The van der Waals surface area contributed by atoms with Gasteiger partial charge < -0.3 is 14.8 Å². The molecule has 0 fully saturated rings. The Hall–Kier alpha value is -4.14. The summed E-state index contributed by atoms with van der Waals surface area (Å²) in [6.07, 6.45) is 4.28. The zero-order chi connectivity index (χ0) is 24.1. The molecule has 0 unspecified atom stereocenters. The van der Waals surface area contributed by atoms with Gasteiger partial charge in [0.25, 0.3) is 0 Å². The van der Waals surface area contributed by atoms with Crippen LogP contribution in [0.25, 0.3) is 11.3 Å². The number of nitrogens with zero attached hydrogens (tertiary/aromatic N) is 4. The Morgan fingerprint density at radius 3 is 2.41 bits per heavy atom. The van der Waals surface area contributed by atoms with E-state index >= 15 is 0 Å². The molecular weight excluding hydrogens is 434 g/mol. The second-order valence-electron chi connectivity index (χ2n) is 8.00. The van der Waals surface area contributed by atoms with E-state index in [1.807, 2.05) is 38.1 Å². The fraction of sp³-hybridized carbons (Fsp3) is 0.280. The average molecular weight is 462 g/mol. The van der Waals surface area contributed by atoms with Crippen LogP contribution in [0.15, 0.2) is 65.7 Å². The molecule has 0 aliphatic rings. The Labute approximate surface area is 197 Å². The van der Waals surface area contributed by atoms with Crippen molar-refractivity contribution in [2.24, 2.45) is 5.92 Å². The van der Waals surface area contributed by atoms with E-state index in [4.69, 9.17) is 9.47 Å². The maximum Gasteiger partial charge on any atom is 0.300 e. The molecule has 2 aromatic heterocycles. The zero-order valence-electron chi connectivity index (χ0n) is 19.4. The number of anilines is 1. The van der Waals surface area contributed by atoms with Crippen molar-refractivity contribution in [2.75, 3.05) is 19.0 Å². The third-order valence-corrected chi connectivity index (χ3v) is 5.41. The minimum Gasteiger partial charge on any atom is -0.497 e. The van der Waals surface area contributed by atoms with Gasteiger partial charge in [-0.25, -0.2) is 0 Å². The summed E-state index contributed by atoms with van der Waals surface area (Å²) in [6, 6.07) is 14.5. The molecule has 0 radical (unpaired) electrons. The van der Waals surface area contributed by atoms with E-state index in [9.17, 15) is 9.59 Å². The van der Waals surface area contributed by atoms with Crippen LogP contribution in [0.3, 0.4) is 0 Å². The molecule has 1 atom stereocenters. The van der Waals surface area contributed by atoms with Gasteiger partial charge in [-0.2, -0.15) is 0 Å². The molecule has 0 bridgehead atoms. The molecule has 34 heavy (non-hydrogen) atoms. The molecule has 0 saturated heterocycles. The maximum atomic E-state index is 13.0. The van der Waals surface area contributed by atoms with Crippen LogP contribution in [0.2, 0.25) is 0 Å². The molecular formula is C25H27N5O4. The minimum atomic E-state index is -0.268. The first-order chi connectivity index (χ1) is 16.5. The monoisotopic (exact) mass is 461 g/mol. The van der Waals surface area contributed by atoms with Gasteiger partial charge in [-0.1, -0.05) is 6.92 Å². The van der Waals surface area contributed by atoms with Gasteiger partial charge in [0.1, 0.15) is 17.3 Å². The quantitative estimate of drug-likeness (QED) is 0.410. The van der Waals surface area contributed by atoms with Crippen molar-refractivity contribution in [3.05, 3.63) is 77.1 Å². The molecule has 2 heterocycles. The van der Waals surface area contributed by atoms with Crippen LogP contribution >= 0.6 is 0 Å². The molecule has 0 saturated carbocycles. The maximum absolute atomic E-state index is 13.0. The van der Waals surface area contributed by atoms with Crippen molar-refractivity contribution in [3.8, 4) is 17.2 Å². The number of benzene rings is 2. The van der Waals surface area contributed by atoms with Crippen LogP contribution in [0.4, 0.5) is 5.69 Å². The van der Waals surface area contributed by atoms with Crippen molar-refractivity contribution >= 4 is 17.2 Å². The number of carbonyl (C=O) groups excluding carboxylic acids is 1. The molecule has 4 aromatic rings. The summed E-state index contributed by atoms with van der Waals surface area (Å²) < 4.78 is 13.8. The van der Waals surface area contributed by atoms with E-state index in [1.165, 1.54) is 4.57 Å². The van der Waals surface area contributed by atoms with E-state index in [0.29, 0.717) is 36.6 Å². The van der Waals surface area contributed by atoms with E-state index in [1.54, 1.807) is 48.2 Å². The minimum absolute atomic E-state index is 0.000750. The fourth-order valence-electron chi connectivity index (χ4n) is 3.73. The van der Waals surface area contributed by atoms with Crippen LogP contribution in [-0.4, -0.2) is 38.8 Å². The van der Waals surface area contributed by atoms with Crippen LogP contribution in [-0.2, 0) is 11.2 Å². The Kier molecular flexibility index (Phi) is 6.91. The number of amides is 1. The van der Waals surface area contributed by atoms with Gasteiger partial charge in [0, 0.05) is 36.6 Å². The highest BCUT2D eigenvalue weighted by atomic mass is 16.5. The molecule has 1 amide bonds. The molecule has 9 nitrogen and oxygen atoms in total. The normalized spacial score (nSPS) is 11.9. The summed E-state index contributed by atoms with van der Waals surface area (Å²) in [4.78, 5) is 25.4. The van der Waals surface area contributed by atoms with Gasteiger partial charge in [-0.3, -0.25) is 18.6 Å².